The van der Waals surface area contributed by atoms with Crippen LogP contribution in [0.5, 0.6) is 0 Å². The first-order valence-corrected chi connectivity index (χ1v) is 12.0. The molecule has 2 saturated heterocycles. The minimum atomic E-state index is -2.77. The van der Waals surface area contributed by atoms with Crippen LogP contribution in [0.2, 0.25) is 0 Å². The number of nitrogens with two attached hydrogens (primary N) is 1. The molecule has 4 heterocycles. The van der Waals surface area contributed by atoms with Gasteiger partial charge in [-0.1, -0.05) is 11.6 Å². The second kappa shape index (κ2) is 10.2. The minimum Gasteiger partial charge on any atom is -0.391 e. The zero-order valence-corrected chi connectivity index (χ0v) is 20.4. The predicted molar refractivity (Wildman–Crippen MR) is 129 cm³/mol. The van der Waals surface area contributed by atoms with Crippen LogP contribution in [-0.2, 0) is 4.74 Å². The van der Waals surface area contributed by atoms with E-state index in [-0.39, 0.29) is 36.6 Å². The SMILES string of the molecule is CC(C)n1c(N2CCC(F)(F)C2)nc2c(F)cc(C3N=C(N)NC=C3Cl)cc21.OC1CCCOC1. The van der Waals surface area contributed by atoms with Crippen LogP contribution >= 0.6 is 11.6 Å². The van der Waals surface area contributed by atoms with E-state index in [2.05, 4.69) is 15.3 Å². The van der Waals surface area contributed by atoms with E-state index >= 15 is 0 Å². The molecule has 0 amide bonds. The number of hydrogen-bond acceptors (Lipinski definition) is 7. The molecule has 5 rings (SSSR count). The highest BCUT2D eigenvalue weighted by Gasteiger charge is 2.40. The number of benzene rings is 1. The summed E-state index contributed by atoms with van der Waals surface area (Å²) < 4.78 is 49.1. The van der Waals surface area contributed by atoms with Crippen LogP contribution < -0.4 is 16.0 Å². The van der Waals surface area contributed by atoms with Gasteiger partial charge in [-0.2, -0.15) is 0 Å². The Morgan fingerprint density at radius 3 is 2.69 bits per heavy atom. The van der Waals surface area contributed by atoms with Crippen LogP contribution in [-0.4, -0.2) is 58.9 Å². The number of aliphatic imine (C=N–C) groups is 1. The molecule has 4 N–H and O–H groups in total. The zero-order chi connectivity index (χ0) is 25.3. The quantitative estimate of drug-likeness (QED) is 0.576. The van der Waals surface area contributed by atoms with E-state index in [9.17, 15) is 13.2 Å². The highest BCUT2D eigenvalue weighted by atomic mass is 35.5. The van der Waals surface area contributed by atoms with E-state index in [0.717, 1.165) is 19.4 Å². The minimum absolute atomic E-state index is 0.114. The number of nitrogens with zero attached hydrogens (tertiary/aromatic N) is 4. The Labute approximate surface area is 206 Å². The van der Waals surface area contributed by atoms with Crippen molar-refractivity contribution in [2.45, 2.75) is 57.2 Å². The number of alkyl halides is 2. The maximum atomic E-state index is 14.9. The molecule has 0 spiro atoms. The molecule has 8 nitrogen and oxygen atoms in total. The monoisotopic (exact) mass is 514 g/mol. The van der Waals surface area contributed by atoms with Gasteiger partial charge >= 0.3 is 0 Å². The molecule has 0 saturated carbocycles. The van der Waals surface area contributed by atoms with E-state index in [4.69, 9.17) is 27.2 Å². The van der Waals surface area contributed by atoms with Crippen LogP contribution in [0.1, 0.15) is 50.8 Å². The largest absolute Gasteiger partial charge is 0.391 e. The first-order chi connectivity index (χ1) is 16.6. The number of ether oxygens (including phenoxy) is 1. The van der Waals surface area contributed by atoms with Crippen molar-refractivity contribution in [2.24, 2.45) is 10.7 Å². The molecular formula is C23H30ClF3N6O2. The number of halogens is 4. The molecule has 12 heteroatoms. The van der Waals surface area contributed by atoms with Crippen molar-refractivity contribution >= 4 is 34.5 Å². The normalized spacial score (nSPS) is 24.1. The molecule has 2 aromatic rings. The summed E-state index contributed by atoms with van der Waals surface area (Å²) in [5.41, 5.74) is 6.86. The van der Waals surface area contributed by atoms with Gasteiger partial charge in [0.25, 0.3) is 5.92 Å². The molecule has 1 aromatic carbocycles. The third kappa shape index (κ3) is 5.68. The molecular weight excluding hydrogens is 485 g/mol. The Bertz CT molecular complexity index is 1130. The molecule has 0 bridgehead atoms. The number of aliphatic hydroxyl groups is 1. The lowest BCUT2D eigenvalue weighted by molar-refractivity contribution is -0.00535. The zero-order valence-electron chi connectivity index (χ0n) is 19.6. The summed E-state index contributed by atoms with van der Waals surface area (Å²) in [6, 6.07) is 2.30. The van der Waals surface area contributed by atoms with Gasteiger partial charge in [-0.3, -0.25) is 0 Å². The Morgan fingerprint density at radius 1 is 1.34 bits per heavy atom. The third-order valence-electron chi connectivity index (χ3n) is 6.06. The van der Waals surface area contributed by atoms with Crippen LogP contribution in [0.4, 0.5) is 19.1 Å². The van der Waals surface area contributed by atoms with Crippen LogP contribution in [0.15, 0.2) is 28.4 Å². The number of nitrogens with one attached hydrogen (secondary N) is 1. The van der Waals surface area contributed by atoms with Crippen molar-refractivity contribution in [3.63, 3.8) is 0 Å². The molecule has 1 aromatic heterocycles. The maximum Gasteiger partial charge on any atom is 0.267 e. The van der Waals surface area contributed by atoms with Gasteiger partial charge in [-0.25, -0.2) is 23.1 Å². The lowest BCUT2D eigenvalue weighted by Crippen LogP contribution is -2.31. The molecule has 35 heavy (non-hydrogen) atoms. The lowest BCUT2D eigenvalue weighted by atomic mass is 10.1. The number of rotatable bonds is 3. The number of anilines is 1. The van der Waals surface area contributed by atoms with Crippen LogP contribution in [0.3, 0.4) is 0 Å². The van der Waals surface area contributed by atoms with Crippen molar-refractivity contribution in [2.75, 3.05) is 31.2 Å². The van der Waals surface area contributed by atoms with Crippen molar-refractivity contribution in [1.29, 1.82) is 0 Å². The molecule has 0 radical (unpaired) electrons. The van der Waals surface area contributed by atoms with E-state index < -0.39 is 24.3 Å². The van der Waals surface area contributed by atoms with Crippen molar-refractivity contribution in [3.05, 3.63) is 34.7 Å². The summed E-state index contributed by atoms with van der Waals surface area (Å²) in [7, 11) is 0. The first kappa shape index (κ1) is 25.6. The summed E-state index contributed by atoms with van der Waals surface area (Å²) in [6.07, 6.45) is 3.01. The smallest absolute Gasteiger partial charge is 0.267 e. The van der Waals surface area contributed by atoms with Gasteiger partial charge in [0.1, 0.15) is 11.6 Å². The number of aliphatic hydroxyl groups excluding tert-OH is 1. The summed E-state index contributed by atoms with van der Waals surface area (Å²) in [6.45, 7) is 4.91. The average molecular weight is 515 g/mol. The molecule has 2 fully saturated rings. The Kier molecular flexibility index (Phi) is 7.48. The number of imidazole rings is 1. The van der Waals surface area contributed by atoms with Gasteiger partial charge in [0.2, 0.25) is 5.95 Å². The van der Waals surface area contributed by atoms with Crippen molar-refractivity contribution < 1.29 is 23.0 Å². The number of fused-ring (bicyclic) bond motifs is 1. The van der Waals surface area contributed by atoms with Gasteiger partial charge in [0.15, 0.2) is 11.8 Å². The third-order valence-corrected chi connectivity index (χ3v) is 6.38. The maximum absolute atomic E-state index is 14.9. The Balaban J connectivity index is 0.000000356. The van der Waals surface area contributed by atoms with E-state index in [0.29, 0.717) is 28.7 Å². The second-order valence-corrected chi connectivity index (χ2v) is 9.67. The number of aromatic nitrogens is 2. The highest BCUT2D eigenvalue weighted by molar-refractivity contribution is 6.30. The van der Waals surface area contributed by atoms with Gasteiger partial charge in [0, 0.05) is 31.8 Å². The summed E-state index contributed by atoms with van der Waals surface area (Å²) >= 11 is 6.23. The van der Waals surface area contributed by atoms with Gasteiger partial charge in [-0.15, -0.1) is 0 Å². The van der Waals surface area contributed by atoms with E-state index in [1.807, 2.05) is 13.8 Å². The molecule has 3 aliphatic heterocycles. The van der Waals surface area contributed by atoms with Crippen molar-refractivity contribution in [1.82, 2.24) is 14.9 Å². The van der Waals surface area contributed by atoms with Gasteiger partial charge < -0.3 is 30.4 Å². The fraction of sp³-hybridized carbons (Fsp3) is 0.565. The lowest BCUT2D eigenvalue weighted by Gasteiger charge is -2.22. The summed E-state index contributed by atoms with van der Waals surface area (Å²) in [4.78, 5) is 10.1. The van der Waals surface area contributed by atoms with Crippen LogP contribution in [0.25, 0.3) is 11.0 Å². The van der Waals surface area contributed by atoms with E-state index in [1.165, 1.54) is 17.2 Å². The molecule has 0 aliphatic carbocycles. The first-order valence-electron chi connectivity index (χ1n) is 11.6. The predicted octanol–water partition coefficient (Wildman–Crippen LogP) is 3.80. The van der Waals surface area contributed by atoms with Crippen LogP contribution in [0, 0.1) is 5.82 Å². The van der Waals surface area contributed by atoms with Crippen molar-refractivity contribution in [3.8, 4) is 0 Å². The molecule has 192 valence electrons. The Hall–Kier alpha value is -2.50. The average Bonchev–Trinajstić information content (AvgIpc) is 3.36. The molecule has 2 atom stereocenters. The number of hydrogen-bond donors (Lipinski definition) is 3. The topological polar surface area (TPSA) is 101 Å². The Morgan fingerprint density at radius 2 is 2.11 bits per heavy atom. The van der Waals surface area contributed by atoms with E-state index in [1.54, 1.807) is 10.6 Å². The fourth-order valence-corrected chi connectivity index (χ4v) is 4.60. The molecule has 3 aliphatic rings. The number of guanidine groups is 1. The molecule has 2 unspecified atom stereocenters. The summed E-state index contributed by atoms with van der Waals surface area (Å²) in [5, 5.41) is 11.9. The second-order valence-electron chi connectivity index (χ2n) is 9.23. The highest BCUT2D eigenvalue weighted by Crippen LogP contribution is 2.37. The van der Waals surface area contributed by atoms with Gasteiger partial charge in [-0.05, 0) is 44.4 Å². The fourth-order valence-electron chi connectivity index (χ4n) is 4.37. The summed E-state index contributed by atoms with van der Waals surface area (Å²) in [5.74, 6) is -2.82. The standard InChI is InChI=1S/C18H20ClF3N6.C5H10O2/c1-9(2)28-13-6-10(14-11(19)7-24-16(23)25-14)5-12(20)15(13)26-17(28)27-4-3-18(21,22)8-27;6-5-2-1-3-7-4-5/h5-7,9,14H,3-4,8H2,1-2H3,(H3,23,24,25);5-6H,1-4H2. The van der Waals surface area contributed by atoms with Gasteiger partial charge in [0.05, 0.1) is 29.8 Å².